The Morgan fingerprint density at radius 3 is 1.66 bits per heavy atom. The third-order valence-corrected chi connectivity index (χ3v) is 12.0. The van der Waals surface area contributed by atoms with E-state index in [1.165, 1.54) is 0 Å². The van der Waals surface area contributed by atoms with Gasteiger partial charge in [0.05, 0.1) is 7.11 Å². The highest BCUT2D eigenvalue weighted by atomic mass is 79.9. The smallest absolute Gasteiger partial charge is 0.305 e. The monoisotopic (exact) mass is 968 g/mol. The first-order valence-electron chi connectivity index (χ1n) is 20.7. The van der Waals surface area contributed by atoms with Crippen molar-refractivity contribution in [2.24, 2.45) is 0 Å². The molecule has 8 heteroatoms. The molecule has 0 fully saturated rings. The van der Waals surface area contributed by atoms with Crippen LogP contribution in [0.3, 0.4) is 0 Å². The van der Waals surface area contributed by atoms with Crippen LogP contribution in [0.1, 0.15) is 44.5 Å². The summed E-state index contributed by atoms with van der Waals surface area (Å²) in [5.74, 6) is 3.04. The molecule has 0 aliphatic carbocycles. The van der Waals surface area contributed by atoms with Gasteiger partial charge in [-0.3, -0.25) is 0 Å². The minimum Gasteiger partial charge on any atom is -0.493 e. The van der Waals surface area contributed by atoms with Crippen LogP contribution in [0.25, 0.3) is 24.3 Å². The predicted octanol–water partition coefficient (Wildman–Crippen LogP) is 15.2. The van der Waals surface area contributed by atoms with Crippen molar-refractivity contribution in [3.05, 3.63) is 242 Å². The van der Waals surface area contributed by atoms with Crippen molar-refractivity contribution in [1.29, 1.82) is 0 Å². The molecule has 1 aliphatic heterocycles. The van der Waals surface area contributed by atoms with Gasteiger partial charge in [-0.15, -0.1) is 0 Å². The maximum atomic E-state index is 6.94. The van der Waals surface area contributed by atoms with E-state index in [2.05, 4.69) is 44.0 Å². The number of hydrogen-bond donors (Lipinski definition) is 0. The molecule has 0 bridgehead atoms. The Hall–Kier alpha value is -7.00. The number of hydrogen-bond acceptors (Lipinski definition) is 6. The highest BCUT2D eigenvalue weighted by Gasteiger charge is 2.47. The number of methoxy groups -OCH3 is 1. The molecular formula is C56H42Br2O6. The van der Waals surface area contributed by atoms with Crippen molar-refractivity contribution in [3.8, 4) is 40.2 Å². The molecular weight excluding hydrogens is 928 g/mol. The summed E-state index contributed by atoms with van der Waals surface area (Å²) < 4.78 is 40.3. The van der Waals surface area contributed by atoms with E-state index >= 15 is 0 Å². The Labute approximate surface area is 390 Å². The molecule has 0 atom stereocenters. The lowest BCUT2D eigenvalue weighted by atomic mass is 9.97. The zero-order valence-corrected chi connectivity index (χ0v) is 38.0. The number of rotatable bonds is 15. The standard InChI is InChI=1S/C56H42Br2O6/c1-59-51-35-44(50(58)36-52(51)61-38-41-16-8-3-9-17-41)26-22-39-24-28-47(29-25-39)62-53-32-42(23-27-43-34-48(30-31-49(43)57)60-37-40-14-6-2-7-15-40)33-54-55(53)64-56(63-54,45-18-10-4-11-19-45)46-20-12-5-13-21-46/h2-36H,37-38H2,1H3/b26-22+,27-23+. The molecule has 0 aromatic heterocycles. The van der Waals surface area contributed by atoms with Crippen LogP contribution < -0.4 is 28.4 Å². The van der Waals surface area contributed by atoms with Crippen LogP contribution in [0.15, 0.2) is 197 Å². The van der Waals surface area contributed by atoms with Crippen LogP contribution >= 0.6 is 31.9 Å². The number of ether oxygens (including phenoxy) is 6. The minimum absolute atomic E-state index is 0.440. The van der Waals surface area contributed by atoms with Crippen molar-refractivity contribution < 1.29 is 28.4 Å². The average molecular weight is 971 g/mol. The highest BCUT2D eigenvalue weighted by Crippen LogP contribution is 2.53. The van der Waals surface area contributed by atoms with Gasteiger partial charge in [0.15, 0.2) is 23.0 Å². The van der Waals surface area contributed by atoms with Crippen molar-refractivity contribution >= 4 is 56.2 Å². The van der Waals surface area contributed by atoms with Gasteiger partial charge in [-0.05, 0) is 88.0 Å². The molecule has 9 rings (SSSR count). The molecule has 64 heavy (non-hydrogen) atoms. The van der Waals surface area contributed by atoms with Gasteiger partial charge in [-0.1, -0.05) is 190 Å². The van der Waals surface area contributed by atoms with E-state index in [1.807, 2.05) is 200 Å². The van der Waals surface area contributed by atoms with E-state index < -0.39 is 5.79 Å². The minimum atomic E-state index is -1.24. The molecule has 8 aromatic carbocycles. The molecule has 0 amide bonds. The van der Waals surface area contributed by atoms with Crippen LogP contribution in [0, 0.1) is 0 Å². The van der Waals surface area contributed by atoms with E-state index in [4.69, 9.17) is 28.4 Å². The number of fused-ring (bicyclic) bond motifs is 1. The summed E-state index contributed by atoms with van der Waals surface area (Å²) in [5, 5.41) is 0. The normalized spacial score (nSPS) is 12.7. The largest absolute Gasteiger partial charge is 0.493 e. The van der Waals surface area contributed by atoms with Gasteiger partial charge in [0.1, 0.15) is 24.7 Å². The Balaban J connectivity index is 0.992. The maximum Gasteiger partial charge on any atom is 0.305 e. The second-order valence-electron chi connectivity index (χ2n) is 15.0. The van der Waals surface area contributed by atoms with E-state index in [0.717, 1.165) is 59.2 Å². The fourth-order valence-electron chi connectivity index (χ4n) is 7.29. The van der Waals surface area contributed by atoms with Crippen molar-refractivity contribution in [1.82, 2.24) is 0 Å². The molecule has 1 heterocycles. The van der Waals surface area contributed by atoms with Gasteiger partial charge >= 0.3 is 5.79 Å². The molecule has 0 saturated carbocycles. The maximum absolute atomic E-state index is 6.94. The van der Waals surface area contributed by atoms with E-state index in [0.29, 0.717) is 47.7 Å². The van der Waals surface area contributed by atoms with Crippen LogP contribution in [-0.2, 0) is 19.0 Å². The molecule has 0 spiro atoms. The molecule has 6 nitrogen and oxygen atoms in total. The zero-order chi connectivity index (χ0) is 43.7. The first-order chi connectivity index (χ1) is 31.4. The summed E-state index contributed by atoms with van der Waals surface area (Å²) >= 11 is 7.47. The third-order valence-electron chi connectivity index (χ3n) is 10.6. The topological polar surface area (TPSA) is 55.4 Å². The van der Waals surface area contributed by atoms with Crippen molar-refractivity contribution in [2.45, 2.75) is 19.0 Å². The van der Waals surface area contributed by atoms with Gasteiger partial charge in [0.25, 0.3) is 0 Å². The lowest BCUT2D eigenvalue weighted by Gasteiger charge is -2.28. The Morgan fingerprint density at radius 1 is 0.469 bits per heavy atom. The van der Waals surface area contributed by atoms with Crippen molar-refractivity contribution in [3.63, 3.8) is 0 Å². The Bertz CT molecular complexity index is 2860. The van der Waals surface area contributed by atoms with Gasteiger partial charge in [-0.25, -0.2) is 0 Å². The van der Waals surface area contributed by atoms with Crippen LogP contribution in [0.2, 0.25) is 0 Å². The van der Waals surface area contributed by atoms with E-state index in [9.17, 15) is 0 Å². The number of benzene rings is 8. The summed E-state index contributed by atoms with van der Waals surface area (Å²) in [4.78, 5) is 0. The predicted molar refractivity (Wildman–Crippen MR) is 262 cm³/mol. The summed E-state index contributed by atoms with van der Waals surface area (Å²) in [5.41, 5.74) is 7.62. The molecule has 0 radical (unpaired) electrons. The molecule has 0 N–H and O–H groups in total. The second kappa shape index (κ2) is 19.6. The fraction of sp³-hybridized carbons (Fsp3) is 0.0714. The van der Waals surface area contributed by atoms with E-state index in [-0.39, 0.29) is 0 Å². The first kappa shape index (κ1) is 42.3. The van der Waals surface area contributed by atoms with Gasteiger partial charge < -0.3 is 28.4 Å². The molecule has 0 unspecified atom stereocenters. The van der Waals surface area contributed by atoms with E-state index in [1.54, 1.807) is 7.11 Å². The first-order valence-corrected chi connectivity index (χ1v) is 22.3. The number of halogens is 2. The fourth-order valence-corrected chi connectivity index (χ4v) is 8.13. The molecule has 0 saturated heterocycles. The SMILES string of the molecule is COc1cc(/C=C/c2ccc(Oc3cc(/C=C/c4cc(OCc5ccccc5)ccc4Br)cc4c3OC(c3ccccc3)(c3ccccc3)O4)cc2)c(Br)cc1OCc1ccccc1. The highest BCUT2D eigenvalue weighted by molar-refractivity contribution is 9.10. The molecule has 1 aliphatic rings. The lowest BCUT2D eigenvalue weighted by Crippen LogP contribution is -2.36. The Kier molecular flexibility index (Phi) is 12.9. The van der Waals surface area contributed by atoms with Crippen LogP contribution in [-0.4, -0.2) is 7.11 Å². The molecule has 8 aromatic rings. The average Bonchev–Trinajstić information content (AvgIpc) is 3.75. The quantitative estimate of drug-likeness (QED) is 0.0954. The van der Waals surface area contributed by atoms with Crippen molar-refractivity contribution in [2.75, 3.05) is 7.11 Å². The van der Waals surface area contributed by atoms with Crippen LogP contribution in [0.5, 0.6) is 40.2 Å². The van der Waals surface area contributed by atoms with Gasteiger partial charge in [-0.2, -0.15) is 0 Å². The second-order valence-corrected chi connectivity index (χ2v) is 16.7. The summed E-state index contributed by atoms with van der Waals surface area (Å²) in [6.07, 6.45) is 8.16. The Morgan fingerprint density at radius 2 is 1.03 bits per heavy atom. The summed E-state index contributed by atoms with van der Waals surface area (Å²) in [6, 6.07) is 61.9. The summed E-state index contributed by atoms with van der Waals surface area (Å²) in [7, 11) is 1.65. The lowest BCUT2D eigenvalue weighted by molar-refractivity contribution is -0.0465. The van der Waals surface area contributed by atoms with Crippen LogP contribution in [0.4, 0.5) is 0 Å². The molecule has 316 valence electrons. The van der Waals surface area contributed by atoms with Gasteiger partial charge in [0, 0.05) is 20.1 Å². The summed E-state index contributed by atoms with van der Waals surface area (Å²) in [6.45, 7) is 0.915. The third kappa shape index (κ3) is 9.79. The van der Waals surface area contributed by atoms with Gasteiger partial charge in [0.2, 0.25) is 5.75 Å². The zero-order valence-electron chi connectivity index (χ0n) is 34.8.